The van der Waals surface area contributed by atoms with Gasteiger partial charge >= 0.3 is 0 Å². The van der Waals surface area contributed by atoms with Crippen LogP contribution < -0.4 is 20.1 Å². The van der Waals surface area contributed by atoms with Gasteiger partial charge < -0.3 is 24.8 Å². The average Bonchev–Trinajstić information content (AvgIpc) is 3.08. The molecule has 7 heteroatoms. The van der Waals surface area contributed by atoms with Crippen molar-refractivity contribution in [1.82, 2.24) is 10.6 Å². The van der Waals surface area contributed by atoms with E-state index in [-0.39, 0.29) is 24.0 Å². The highest BCUT2D eigenvalue weighted by molar-refractivity contribution is 14.0. The SMILES string of the molecule is CN=C(NCCc1ccc(OC)c(OC)c1)NC1C2CCOC2C12CCC2.I. The quantitative estimate of drug-likeness (QED) is 0.357. The first-order chi connectivity index (χ1) is 13.2. The Morgan fingerprint density at radius 1 is 1.25 bits per heavy atom. The number of nitrogens with one attached hydrogen (secondary N) is 2. The van der Waals surface area contributed by atoms with Gasteiger partial charge in [-0.05, 0) is 43.4 Å². The van der Waals surface area contributed by atoms with Gasteiger partial charge in [-0.2, -0.15) is 0 Å². The maximum atomic E-state index is 6.01. The molecule has 4 rings (SSSR count). The van der Waals surface area contributed by atoms with Crippen molar-refractivity contribution in [3.8, 4) is 11.5 Å². The molecule has 1 spiro atoms. The number of nitrogens with zero attached hydrogens (tertiary/aromatic N) is 1. The van der Waals surface area contributed by atoms with E-state index in [1.54, 1.807) is 14.2 Å². The largest absolute Gasteiger partial charge is 0.493 e. The molecule has 1 saturated heterocycles. The van der Waals surface area contributed by atoms with Crippen molar-refractivity contribution in [1.29, 1.82) is 0 Å². The second kappa shape index (κ2) is 9.07. The van der Waals surface area contributed by atoms with Gasteiger partial charge in [-0.1, -0.05) is 12.5 Å². The zero-order chi connectivity index (χ0) is 18.9. The molecule has 3 aliphatic rings. The van der Waals surface area contributed by atoms with Crippen LogP contribution >= 0.6 is 24.0 Å². The molecule has 3 fully saturated rings. The van der Waals surface area contributed by atoms with Crippen LogP contribution in [0.1, 0.15) is 31.2 Å². The third-order valence-corrected chi connectivity index (χ3v) is 6.71. The molecule has 1 aromatic rings. The Hall–Kier alpha value is -1.22. The van der Waals surface area contributed by atoms with Crippen molar-refractivity contribution in [3.63, 3.8) is 0 Å². The van der Waals surface area contributed by atoms with Gasteiger partial charge in [0, 0.05) is 37.6 Å². The summed E-state index contributed by atoms with van der Waals surface area (Å²) in [5, 5.41) is 7.18. The van der Waals surface area contributed by atoms with Gasteiger partial charge in [0.05, 0.1) is 20.3 Å². The first-order valence-electron chi connectivity index (χ1n) is 10.0. The summed E-state index contributed by atoms with van der Waals surface area (Å²) < 4.78 is 16.7. The normalized spacial score (nSPS) is 27.1. The molecule has 3 unspecified atom stereocenters. The highest BCUT2D eigenvalue weighted by Crippen LogP contribution is 2.62. The predicted molar refractivity (Wildman–Crippen MR) is 121 cm³/mol. The molecule has 6 nitrogen and oxygen atoms in total. The minimum atomic E-state index is 0. The number of hydrogen-bond acceptors (Lipinski definition) is 4. The standard InChI is InChI=1S/C21H31N3O3.HI/c1-22-20(23-11-7-14-5-6-16(25-2)17(13-14)26-3)24-18-15-8-12-27-19(15)21(18)9-4-10-21;/h5-6,13,15,18-19H,4,7-12H2,1-3H3,(H2,22,23,24);1H. The Kier molecular flexibility index (Phi) is 6.96. The molecule has 0 amide bonds. The zero-order valence-electron chi connectivity index (χ0n) is 17.0. The Balaban J connectivity index is 0.00000225. The van der Waals surface area contributed by atoms with Gasteiger partial charge in [0.2, 0.25) is 0 Å². The van der Waals surface area contributed by atoms with E-state index in [0.29, 0.717) is 23.5 Å². The monoisotopic (exact) mass is 501 g/mol. The van der Waals surface area contributed by atoms with Gasteiger partial charge in [0.1, 0.15) is 0 Å². The van der Waals surface area contributed by atoms with Crippen molar-refractivity contribution in [3.05, 3.63) is 23.8 Å². The summed E-state index contributed by atoms with van der Waals surface area (Å²) in [6.45, 7) is 1.74. The lowest BCUT2D eigenvalue weighted by molar-refractivity contribution is -0.171. The van der Waals surface area contributed by atoms with Crippen LogP contribution in [0, 0.1) is 11.3 Å². The molecule has 28 heavy (non-hydrogen) atoms. The molecule has 1 heterocycles. The van der Waals surface area contributed by atoms with E-state index >= 15 is 0 Å². The van der Waals surface area contributed by atoms with Crippen LogP contribution in [0.25, 0.3) is 0 Å². The lowest BCUT2D eigenvalue weighted by Gasteiger charge is -2.63. The van der Waals surface area contributed by atoms with E-state index in [9.17, 15) is 0 Å². The number of fused-ring (bicyclic) bond motifs is 2. The third kappa shape index (κ3) is 3.67. The second-order valence-electron chi connectivity index (χ2n) is 7.89. The van der Waals surface area contributed by atoms with E-state index in [2.05, 4.69) is 21.7 Å². The number of rotatable bonds is 6. The summed E-state index contributed by atoms with van der Waals surface area (Å²) in [5.74, 6) is 3.08. The first-order valence-corrected chi connectivity index (χ1v) is 10.0. The molecule has 2 saturated carbocycles. The minimum absolute atomic E-state index is 0. The van der Waals surface area contributed by atoms with Crippen molar-refractivity contribution in [2.24, 2.45) is 16.3 Å². The van der Waals surface area contributed by atoms with Crippen molar-refractivity contribution in [2.45, 2.75) is 44.2 Å². The molecule has 2 N–H and O–H groups in total. The van der Waals surface area contributed by atoms with E-state index < -0.39 is 0 Å². The minimum Gasteiger partial charge on any atom is -0.493 e. The molecule has 1 aromatic carbocycles. The summed E-state index contributed by atoms with van der Waals surface area (Å²) in [4.78, 5) is 4.45. The zero-order valence-corrected chi connectivity index (χ0v) is 19.3. The topological polar surface area (TPSA) is 64.1 Å². The van der Waals surface area contributed by atoms with Crippen LogP contribution in [-0.2, 0) is 11.2 Å². The second-order valence-corrected chi connectivity index (χ2v) is 7.89. The number of hydrogen-bond donors (Lipinski definition) is 2. The van der Waals surface area contributed by atoms with Gasteiger partial charge in [-0.15, -0.1) is 24.0 Å². The van der Waals surface area contributed by atoms with Gasteiger partial charge in [-0.25, -0.2) is 0 Å². The average molecular weight is 501 g/mol. The molecular formula is C21H32IN3O3. The summed E-state index contributed by atoms with van der Waals surface area (Å²) >= 11 is 0. The summed E-state index contributed by atoms with van der Waals surface area (Å²) in [6.07, 6.45) is 6.45. The van der Waals surface area contributed by atoms with Crippen LogP contribution in [0.3, 0.4) is 0 Å². The Morgan fingerprint density at radius 2 is 2.04 bits per heavy atom. The van der Waals surface area contributed by atoms with Crippen LogP contribution in [0.5, 0.6) is 11.5 Å². The van der Waals surface area contributed by atoms with Crippen LogP contribution in [0.15, 0.2) is 23.2 Å². The third-order valence-electron chi connectivity index (χ3n) is 6.71. The number of ether oxygens (including phenoxy) is 3. The number of aliphatic imine (C=N–C) groups is 1. The first kappa shape index (κ1) is 21.5. The molecule has 0 radical (unpaired) electrons. The molecular weight excluding hydrogens is 469 g/mol. The predicted octanol–water partition coefficient (Wildman–Crippen LogP) is 2.99. The van der Waals surface area contributed by atoms with Gasteiger partial charge in [0.15, 0.2) is 17.5 Å². The maximum absolute atomic E-state index is 6.01. The number of benzene rings is 1. The lowest BCUT2D eigenvalue weighted by Crippen LogP contribution is -2.72. The Morgan fingerprint density at radius 3 is 2.68 bits per heavy atom. The molecule has 2 aliphatic carbocycles. The van der Waals surface area contributed by atoms with E-state index in [0.717, 1.165) is 37.0 Å². The van der Waals surface area contributed by atoms with Crippen LogP contribution in [-0.4, -0.2) is 52.5 Å². The summed E-state index contributed by atoms with van der Waals surface area (Å²) in [7, 11) is 5.17. The fourth-order valence-corrected chi connectivity index (χ4v) is 5.16. The van der Waals surface area contributed by atoms with E-state index in [4.69, 9.17) is 14.2 Å². The molecule has 0 aromatic heterocycles. The smallest absolute Gasteiger partial charge is 0.191 e. The van der Waals surface area contributed by atoms with Crippen molar-refractivity contribution >= 4 is 29.9 Å². The molecule has 1 aliphatic heterocycles. The maximum Gasteiger partial charge on any atom is 0.191 e. The van der Waals surface area contributed by atoms with Crippen molar-refractivity contribution < 1.29 is 14.2 Å². The fourth-order valence-electron chi connectivity index (χ4n) is 5.16. The van der Waals surface area contributed by atoms with Gasteiger partial charge in [-0.3, -0.25) is 4.99 Å². The Bertz CT molecular complexity index is 708. The number of halogens is 1. The van der Waals surface area contributed by atoms with E-state index in [1.807, 2.05) is 19.2 Å². The summed E-state index contributed by atoms with van der Waals surface area (Å²) in [6, 6.07) is 6.57. The van der Waals surface area contributed by atoms with Crippen molar-refractivity contribution in [2.75, 3.05) is 34.4 Å². The number of methoxy groups -OCH3 is 2. The van der Waals surface area contributed by atoms with Crippen LogP contribution in [0.2, 0.25) is 0 Å². The molecule has 3 atom stereocenters. The van der Waals surface area contributed by atoms with E-state index in [1.165, 1.54) is 31.2 Å². The lowest BCUT2D eigenvalue weighted by atomic mass is 9.46. The summed E-state index contributed by atoms with van der Waals surface area (Å²) in [5.41, 5.74) is 1.57. The molecule has 156 valence electrons. The molecule has 0 bridgehead atoms. The highest BCUT2D eigenvalue weighted by atomic mass is 127. The fraction of sp³-hybridized carbons (Fsp3) is 0.667. The Labute approximate surface area is 184 Å². The van der Waals surface area contributed by atoms with Gasteiger partial charge in [0.25, 0.3) is 0 Å². The van der Waals surface area contributed by atoms with Crippen LogP contribution in [0.4, 0.5) is 0 Å². The number of guanidine groups is 1. The highest BCUT2D eigenvalue weighted by Gasteiger charge is 2.66.